The van der Waals surface area contributed by atoms with Crippen LogP contribution in [0.25, 0.3) is 11.3 Å². The van der Waals surface area contributed by atoms with E-state index in [9.17, 15) is 0 Å². The van der Waals surface area contributed by atoms with Crippen LogP contribution in [-0.4, -0.2) is 17.3 Å². The molecule has 0 atom stereocenters. The van der Waals surface area contributed by atoms with Crippen LogP contribution in [0.2, 0.25) is 5.02 Å². The van der Waals surface area contributed by atoms with Crippen LogP contribution in [0.5, 0.6) is 0 Å². The van der Waals surface area contributed by atoms with Crippen LogP contribution in [0.4, 0.5) is 10.8 Å². The Kier molecular flexibility index (Phi) is 4.71. The van der Waals surface area contributed by atoms with Gasteiger partial charge < -0.3 is 11.1 Å². The second kappa shape index (κ2) is 6.69. The van der Waals surface area contributed by atoms with Gasteiger partial charge >= 0.3 is 0 Å². The fourth-order valence-corrected chi connectivity index (χ4v) is 2.38. The Morgan fingerprint density at radius 1 is 1.57 bits per heavy atom. The minimum atomic E-state index is -0.167. The molecule has 0 spiro atoms. The zero-order valence-electron chi connectivity index (χ0n) is 10.6. The van der Waals surface area contributed by atoms with Gasteiger partial charge in [-0.25, -0.2) is 9.98 Å². The van der Waals surface area contributed by atoms with Crippen molar-refractivity contribution in [2.45, 2.75) is 0 Å². The number of nitriles is 1. The van der Waals surface area contributed by atoms with E-state index in [-0.39, 0.29) is 5.96 Å². The fraction of sp³-hybridized carbons (Fsp3) is 0. The highest BCUT2D eigenvalue weighted by atomic mass is 35.5. The van der Waals surface area contributed by atoms with Gasteiger partial charge in [-0.1, -0.05) is 17.7 Å². The first-order valence-corrected chi connectivity index (χ1v) is 6.89. The Morgan fingerprint density at radius 2 is 2.38 bits per heavy atom. The number of hydrogen-bond donors (Lipinski definition) is 4. The number of aromatic nitrogens is 1. The van der Waals surface area contributed by atoms with E-state index in [1.807, 2.05) is 11.4 Å². The number of halogens is 1. The van der Waals surface area contributed by atoms with E-state index in [0.717, 1.165) is 5.56 Å². The van der Waals surface area contributed by atoms with E-state index in [1.165, 1.54) is 17.7 Å². The lowest BCUT2D eigenvalue weighted by atomic mass is 10.1. The number of hydrogen-bond acceptors (Lipinski definition) is 5. The summed E-state index contributed by atoms with van der Waals surface area (Å²) in [5.74, 6) is -0.167. The molecule has 0 saturated heterocycles. The van der Waals surface area contributed by atoms with Crippen molar-refractivity contribution in [3.05, 3.63) is 28.6 Å². The summed E-state index contributed by atoms with van der Waals surface area (Å²) < 4.78 is 0. The Labute approximate surface area is 129 Å². The zero-order valence-corrected chi connectivity index (χ0v) is 12.2. The van der Waals surface area contributed by atoms with E-state index in [4.69, 9.17) is 28.0 Å². The highest BCUT2D eigenvalue weighted by Gasteiger charge is 2.07. The van der Waals surface area contributed by atoms with E-state index in [2.05, 4.69) is 20.6 Å². The summed E-state index contributed by atoms with van der Waals surface area (Å²) in [4.78, 5) is 8.36. The average Bonchev–Trinajstić information content (AvgIpc) is 2.89. The van der Waals surface area contributed by atoms with Crippen LogP contribution in [0.1, 0.15) is 0 Å². The predicted molar refractivity (Wildman–Crippen MR) is 85.0 cm³/mol. The molecule has 106 valence electrons. The number of benzene rings is 1. The number of guanidine groups is 1. The second-order valence-corrected chi connectivity index (χ2v) is 5.02. The first-order valence-electron chi connectivity index (χ1n) is 5.64. The molecule has 0 aliphatic heterocycles. The predicted octanol–water partition coefficient (Wildman–Crippen LogP) is 2.50. The maximum Gasteiger partial charge on any atom is 0.192 e. The standard InChI is InChI=1S/C12H10ClN7S/c13-8-2-1-7(3-9(8)18-6-17-5-14)10-4-21-12(19-10)20-11(15)16/h1-4,6H,(H,17,18)(H4,15,16,19,20). The first kappa shape index (κ1) is 14.8. The van der Waals surface area contributed by atoms with Gasteiger partial charge in [0.05, 0.1) is 16.4 Å². The quantitative estimate of drug-likeness (QED) is 0.298. The van der Waals surface area contributed by atoms with Crippen molar-refractivity contribution >= 4 is 46.1 Å². The third kappa shape index (κ3) is 3.92. The van der Waals surface area contributed by atoms with Gasteiger partial charge in [-0.05, 0) is 12.1 Å². The van der Waals surface area contributed by atoms with E-state index in [0.29, 0.717) is 21.5 Å². The highest BCUT2D eigenvalue weighted by Crippen LogP contribution is 2.32. The Hall–Kier alpha value is -2.63. The molecule has 9 heteroatoms. The number of thiazole rings is 1. The summed E-state index contributed by atoms with van der Waals surface area (Å²) >= 11 is 7.37. The molecule has 1 aromatic heterocycles. The van der Waals surface area contributed by atoms with Gasteiger partial charge in [0.1, 0.15) is 6.34 Å². The molecule has 0 aliphatic carbocycles. The van der Waals surface area contributed by atoms with E-state index >= 15 is 0 Å². The van der Waals surface area contributed by atoms with E-state index < -0.39 is 0 Å². The van der Waals surface area contributed by atoms with Crippen molar-refractivity contribution in [1.29, 1.82) is 10.7 Å². The van der Waals surface area contributed by atoms with Crippen molar-refractivity contribution in [2.24, 2.45) is 10.7 Å². The summed E-state index contributed by atoms with van der Waals surface area (Å²) in [6.07, 6.45) is 2.99. The van der Waals surface area contributed by atoms with Gasteiger partial charge in [-0.3, -0.25) is 10.7 Å². The van der Waals surface area contributed by atoms with Crippen LogP contribution < -0.4 is 16.4 Å². The molecule has 0 amide bonds. The molecular weight excluding hydrogens is 310 g/mol. The van der Waals surface area contributed by atoms with Gasteiger partial charge in [0, 0.05) is 10.9 Å². The summed E-state index contributed by atoms with van der Waals surface area (Å²) in [5, 5.41) is 23.3. The normalized spacial score (nSPS) is 10.3. The molecule has 5 N–H and O–H groups in total. The van der Waals surface area contributed by atoms with Gasteiger partial charge in [0.25, 0.3) is 0 Å². The molecule has 0 fully saturated rings. The number of nitrogens with zero attached hydrogens (tertiary/aromatic N) is 3. The number of rotatable bonds is 4. The van der Waals surface area contributed by atoms with Crippen LogP contribution in [-0.2, 0) is 0 Å². The minimum Gasteiger partial charge on any atom is -0.370 e. The van der Waals surface area contributed by atoms with Gasteiger partial charge in [0.2, 0.25) is 0 Å². The van der Waals surface area contributed by atoms with Crippen molar-refractivity contribution in [2.75, 3.05) is 5.32 Å². The van der Waals surface area contributed by atoms with Gasteiger partial charge in [0.15, 0.2) is 17.3 Å². The topological polar surface area (TPSA) is 123 Å². The lowest BCUT2D eigenvalue weighted by molar-refractivity contribution is 1.29. The van der Waals surface area contributed by atoms with Crippen molar-refractivity contribution in [3.63, 3.8) is 0 Å². The first-order chi connectivity index (χ1) is 10.1. The number of anilines is 1. The third-order valence-corrected chi connectivity index (χ3v) is 3.40. The third-order valence-electron chi connectivity index (χ3n) is 2.32. The molecule has 0 bridgehead atoms. The van der Waals surface area contributed by atoms with Crippen LogP contribution in [0.3, 0.4) is 0 Å². The Morgan fingerprint density at radius 3 is 3.10 bits per heavy atom. The monoisotopic (exact) mass is 319 g/mol. The fourth-order valence-electron chi connectivity index (χ4n) is 1.48. The summed E-state index contributed by atoms with van der Waals surface area (Å²) in [6, 6.07) is 5.27. The number of nitrogens with one attached hydrogen (secondary N) is 3. The van der Waals surface area contributed by atoms with Crippen molar-refractivity contribution < 1.29 is 0 Å². The molecule has 2 aromatic rings. The molecule has 0 saturated carbocycles. The van der Waals surface area contributed by atoms with Gasteiger partial charge in [-0.2, -0.15) is 5.26 Å². The average molecular weight is 320 g/mol. The number of aliphatic imine (C=N–C) groups is 1. The molecular formula is C12H10ClN7S. The van der Waals surface area contributed by atoms with Crippen molar-refractivity contribution in [1.82, 2.24) is 10.3 Å². The highest BCUT2D eigenvalue weighted by molar-refractivity contribution is 7.14. The SMILES string of the molecule is N#CN/C=N/c1cc(-c2csc(NC(=N)N)n2)ccc1Cl. The smallest absolute Gasteiger partial charge is 0.192 e. The lowest BCUT2D eigenvalue weighted by Crippen LogP contribution is -2.20. The summed E-state index contributed by atoms with van der Waals surface area (Å²) in [6.45, 7) is 0. The molecule has 2 rings (SSSR count). The Balaban J connectivity index is 2.28. The second-order valence-electron chi connectivity index (χ2n) is 3.76. The van der Waals surface area contributed by atoms with Crippen molar-refractivity contribution in [3.8, 4) is 17.5 Å². The number of nitrogens with two attached hydrogens (primary N) is 1. The molecule has 0 unspecified atom stereocenters. The molecule has 21 heavy (non-hydrogen) atoms. The summed E-state index contributed by atoms with van der Waals surface area (Å²) in [7, 11) is 0. The largest absolute Gasteiger partial charge is 0.370 e. The lowest BCUT2D eigenvalue weighted by Gasteiger charge is -2.02. The zero-order chi connectivity index (χ0) is 15.2. The van der Waals surface area contributed by atoms with E-state index in [1.54, 1.807) is 18.3 Å². The molecule has 0 radical (unpaired) electrons. The Bertz CT molecular complexity index is 731. The van der Waals surface area contributed by atoms with Crippen LogP contribution >= 0.6 is 22.9 Å². The molecule has 1 heterocycles. The van der Waals surface area contributed by atoms with Crippen LogP contribution in [0.15, 0.2) is 28.6 Å². The minimum absolute atomic E-state index is 0.167. The maximum atomic E-state index is 8.39. The molecule has 7 nitrogen and oxygen atoms in total. The van der Waals surface area contributed by atoms with Crippen LogP contribution in [0, 0.1) is 16.9 Å². The maximum absolute atomic E-state index is 8.39. The molecule has 0 aliphatic rings. The summed E-state index contributed by atoms with van der Waals surface area (Å²) in [5.41, 5.74) is 7.30. The molecule has 1 aromatic carbocycles. The van der Waals surface area contributed by atoms with Gasteiger partial charge in [-0.15, -0.1) is 11.3 Å².